The highest BCUT2D eigenvalue weighted by atomic mass is 32.1. The number of thiazole rings is 1. The van der Waals surface area contributed by atoms with Gasteiger partial charge in [-0.05, 0) is 38.0 Å². The molecule has 0 aliphatic carbocycles. The van der Waals surface area contributed by atoms with Crippen molar-refractivity contribution in [3.63, 3.8) is 0 Å². The van der Waals surface area contributed by atoms with E-state index in [0.29, 0.717) is 12.3 Å². The van der Waals surface area contributed by atoms with Crippen LogP contribution in [0.5, 0.6) is 0 Å². The smallest absolute Gasteiger partial charge is 0.243 e. The van der Waals surface area contributed by atoms with Crippen LogP contribution in [-0.4, -0.2) is 63.6 Å². The summed E-state index contributed by atoms with van der Waals surface area (Å²) < 4.78 is 0. The van der Waals surface area contributed by atoms with Gasteiger partial charge in [0.25, 0.3) is 0 Å². The standard InChI is InChI=1S/C24H30N4O4S/c1-14-9-21(32-27(14)4)15(2)24(31)28-12-19(29)10-20(28)23(30)25-11-17-5-7-18(8-6-17)22-16(3)26-13-33-22/h5-9,13-15,19-20,29H,10-12H2,1-4H3,(H,25,30)/t14?,15-,19+,20-/m0/s1. The van der Waals surface area contributed by atoms with Crippen molar-refractivity contribution < 1.29 is 19.5 Å². The largest absolute Gasteiger partial charge is 0.410 e. The fourth-order valence-electron chi connectivity index (χ4n) is 4.18. The van der Waals surface area contributed by atoms with Crippen molar-refractivity contribution >= 4 is 23.2 Å². The van der Waals surface area contributed by atoms with Crippen molar-refractivity contribution in [3.05, 3.63) is 52.9 Å². The topological polar surface area (TPSA) is 95.0 Å². The van der Waals surface area contributed by atoms with E-state index >= 15 is 0 Å². The highest BCUT2D eigenvalue weighted by Crippen LogP contribution is 2.29. The number of aliphatic hydroxyl groups is 1. The molecule has 2 N–H and O–H groups in total. The molecule has 176 valence electrons. The highest BCUT2D eigenvalue weighted by molar-refractivity contribution is 7.13. The Labute approximate surface area is 197 Å². The summed E-state index contributed by atoms with van der Waals surface area (Å²) in [6.07, 6.45) is 1.41. The Morgan fingerprint density at radius 3 is 2.67 bits per heavy atom. The Morgan fingerprint density at radius 1 is 1.33 bits per heavy atom. The predicted molar refractivity (Wildman–Crippen MR) is 126 cm³/mol. The number of aryl methyl sites for hydroxylation is 1. The molecule has 9 heteroatoms. The lowest BCUT2D eigenvalue weighted by atomic mass is 10.1. The summed E-state index contributed by atoms with van der Waals surface area (Å²) in [6, 6.07) is 7.37. The Hall–Kier alpha value is -2.75. The van der Waals surface area contributed by atoms with Crippen LogP contribution >= 0.6 is 11.3 Å². The van der Waals surface area contributed by atoms with Gasteiger partial charge in [0.2, 0.25) is 11.8 Å². The number of carbonyl (C=O) groups is 2. The molecular formula is C24H30N4O4S. The van der Waals surface area contributed by atoms with Crippen molar-refractivity contribution in [1.29, 1.82) is 0 Å². The van der Waals surface area contributed by atoms with Crippen LogP contribution in [0.2, 0.25) is 0 Å². The number of nitrogens with one attached hydrogen (secondary N) is 1. The first-order valence-corrected chi connectivity index (χ1v) is 12.0. The number of benzene rings is 1. The number of nitrogens with zero attached hydrogens (tertiary/aromatic N) is 3. The summed E-state index contributed by atoms with van der Waals surface area (Å²) in [4.78, 5) is 38.7. The first-order chi connectivity index (χ1) is 15.7. The van der Waals surface area contributed by atoms with E-state index in [0.717, 1.165) is 21.7 Å². The van der Waals surface area contributed by atoms with Crippen LogP contribution < -0.4 is 5.32 Å². The molecule has 2 amide bonds. The molecular weight excluding hydrogens is 440 g/mol. The number of likely N-dealkylation sites (N-methyl/N-ethyl adjacent to an activating group) is 1. The molecule has 4 atom stereocenters. The molecule has 1 fully saturated rings. The van der Waals surface area contributed by atoms with Gasteiger partial charge in [-0.15, -0.1) is 16.4 Å². The third-order valence-electron chi connectivity index (χ3n) is 6.32. The second-order valence-electron chi connectivity index (χ2n) is 8.75. The second kappa shape index (κ2) is 9.62. The molecule has 0 saturated carbocycles. The number of aromatic nitrogens is 1. The molecule has 2 aromatic rings. The maximum atomic E-state index is 13.1. The van der Waals surface area contributed by atoms with Gasteiger partial charge in [-0.2, -0.15) is 0 Å². The van der Waals surface area contributed by atoms with Crippen LogP contribution in [0.15, 0.2) is 41.6 Å². The number of rotatable bonds is 6. The van der Waals surface area contributed by atoms with Crippen LogP contribution in [-0.2, 0) is 21.0 Å². The number of amides is 2. The Balaban J connectivity index is 1.38. The average Bonchev–Trinajstić information content (AvgIpc) is 3.50. The summed E-state index contributed by atoms with van der Waals surface area (Å²) in [5, 5.41) is 14.8. The van der Waals surface area contributed by atoms with E-state index in [1.54, 1.807) is 23.3 Å². The number of hydrogen-bond acceptors (Lipinski definition) is 7. The van der Waals surface area contributed by atoms with E-state index in [1.165, 1.54) is 4.90 Å². The fourth-order valence-corrected chi connectivity index (χ4v) is 4.99. The summed E-state index contributed by atoms with van der Waals surface area (Å²) >= 11 is 1.60. The van der Waals surface area contributed by atoms with Gasteiger partial charge >= 0.3 is 0 Å². The van der Waals surface area contributed by atoms with E-state index in [-0.39, 0.29) is 30.8 Å². The molecule has 1 aromatic heterocycles. The van der Waals surface area contributed by atoms with Crippen LogP contribution in [0.25, 0.3) is 10.4 Å². The number of hydroxylamine groups is 2. The SMILES string of the molecule is Cc1ncsc1-c1ccc(CNC(=O)[C@@H]2C[C@@H](O)CN2C(=O)[C@@H](C)C2=CC(C)N(C)O2)cc1. The first kappa shape index (κ1) is 23.4. The molecule has 8 nitrogen and oxygen atoms in total. The Bertz CT molecular complexity index is 1050. The first-order valence-electron chi connectivity index (χ1n) is 11.1. The zero-order valence-corrected chi connectivity index (χ0v) is 20.1. The number of aliphatic hydroxyl groups excluding tert-OH is 1. The summed E-state index contributed by atoms with van der Waals surface area (Å²) in [6.45, 7) is 6.22. The number of β-amino-alcohol motifs (C(OH)–C–C–N with tert-alkyl or cyclic N) is 1. The minimum atomic E-state index is -0.723. The molecule has 1 aromatic carbocycles. The summed E-state index contributed by atoms with van der Waals surface area (Å²) in [5.41, 5.74) is 4.88. The predicted octanol–water partition coefficient (Wildman–Crippen LogP) is 2.48. The van der Waals surface area contributed by atoms with Gasteiger partial charge in [-0.1, -0.05) is 24.3 Å². The van der Waals surface area contributed by atoms with Gasteiger partial charge in [0.15, 0.2) is 0 Å². The Kier molecular flexibility index (Phi) is 6.83. The monoisotopic (exact) mass is 470 g/mol. The molecule has 33 heavy (non-hydrogen) atoms. The van der Waals surface area contributed by atoms with Gasteiger partial charge in [-0.25, -0.2) is 4.98 Å². The third kappa shape index (κ3) is 4.95. The number of carbonyl (C=O) groups excluding carboxylic acids is 2. The van der Waals surface area contributed by atoms with Crippen molar-refractivity contribution in [2.24, 2.45) is 5.92 Å². The normalized spacial score (nSPS) is 23.8. The van der Waals surface area contributed by atoms with Crippen molar-refractivity contribution in [3.8, 4) is 10.4 Å². The minimum absolute atomic E-state index is 0.0740. The molecule has 3 heterocycles. The lowest BCUT2D eigenvalue weighted by molar-refractivity contribution is -0.145. The van der Waals surface area contributed by atoms with Crippen LogP contribution in [0, 0.1) is 12.8 Å². The summed E-state index contributed by atoms with van der Waals surface area (Å²) in [5.74, 6) is -0.432. The van der Waals surface area contributed by atoms with E-state index in [9.17, 15) is 14.7 Å². The third-order valence-corrected chi connectivity index (χ3v) is 7.30. The van der Waals surface area contributed by atoms with Gasteiger partial charge in [0.1, 0.15) is 11.8 Å². The molecule has 0 bridgehead atoms. The van der Waals surface area contributed by atoms with Crippen molar-refractivity contribution in [2.45, 2.75) is 51.9 Å². The van der Waals surface area contributed by atoms with Crippen LogP contribution in [0.1, 0.15) is 31.5 Å². The lowest BCUT2D eigenvalue weighted by Gasteiger charge is -2.27. The van der Waals surface area contributed by atoms with E-state index < -0.39 is 18.1 Å². The van der Waals surface area contributed by atoms with Crippen LogP contribution in [0.4, 0.5) is 0 Å². The fraction of sp³-hybridized carbons (Fsp3) is 0.458. The van der Waals surface area contributed by atoms with Crippen molar-refractivity contribution in [2.75, 3.05) is 13.6 Å². The number of hydrogen-bond donors (Lipinski definition) is 2. The highest BCUT2D eigenvalue weighted by Gasteiger charge is 2.42. The maximum absolute atomic E-state index is 13.1. The van der Waals surface area contributed by atoms with E-state index in [2.05, 4.69) is 10.3 Å². The average molecular weight is 471 g/mol. The van der Waals surface area contributed by atoms with Crippen molar-refractivity contribution in [1.82, 2.24) is 20.3 Å². The zero-order valence-electron chi connectivity index (χ0n) is 19.3. The number of likely N-dealkylation sites (tertiary alicyclic amines) is 1. The Morgan fingerprint density at radius 2 is 2.06 bits per heavy atom. The minimum Gasteiger partial charge on any atom is -0.410 e. The quantitative estimate of drug-likeness (QED) is 0.674. The zero-order chi connectivity index (χ0) is 23.7. The molecule has 1 saturated heterocycles. The van der Waals surface area contributed by atoms with E-state index in [4.69, 9.17) is 4.84 Å². The van der Waals surface area contributed by atoms with Gasteiger partial charge in [0, 0.05) is 26.6 Å². The molecule has 0 radical (unpaired) electrons. The molecule has 1 unspecified atom stereocenters. The van der Waals surface area contributed by atoms with E-state index in [1.807, 2.05) is 56.7 Å². The summed E-state index contributed by atoms with van der Waals surface area (Å²) in [7, 11) is 1.81. The molecule has 2 aliphatic heterocycles. The van der Waals surface area contributed by atoms with Gasteiger partial charge in [0.05, 0.1) is 34.1 Å². The lowest BCUT2D eigenvalue weighted by Crippen LogP contribution is -2.47. The molecule has 2 aliphatic rings. The van der Waals surface area contributed by atoms with Crippen LogP contribution in [0.3, 0.4) is 0 Å². The second-order valence-corrected chi connectivity index (χ2v) is 9.60. The molecule has 4 rings (SSSR count). The van der Waals surface area contributed by atoms with Gasteiger partial charge < -0.3 is 20.2 Å². The maximum Gasteiger partial charge on any atom is 0.243 e. The molecule has 0 spiro atoms. The van der Waals surface area contributed by atoms with Gasteiger partial charge in [-0.3, -0.25) is 9.59 Å².